The van der Waals surface area contributed by atoms with Gasteiger partial charge in [0, 0.05) is 5.56 Å². The van der Waals surface area contributed by atoms with Crippen LogP contribution < -0.4 is 4.74 Å². The van der Waals surface area contributed by atoms with Gasteiger partial charge in [0.2, 0.25) is 0 Å². The molecule has 0 radical (unpaired) electrons. The van der Waals surface area contributed by atoms with Gasteiger partial charge in [-0.05, 0) is 24.3 Å². The van der Waals surface area contributed by atoms with Crippen molar-refractivity contribution < 1.29 is 9.53 Å². The lowest BCUT2D eigenvalue weighted by Crippen LogP contribution is -2.30. The quantitative estimate of drug-likeness (QED) is 0.554. The molecule has 5 heteroatoms. The van der Waals surface area contributed by atoms with Gasteiger partial charge in [-0.25, -0.2) is 0 Å². The normalized spacial score (nSPS) is 9.56. The number of Topliss-reactive ketones (excluding diaryl/α,β-unsaturated/α-hetero) is 1. The minimum atomic E-state index is -0.122. The molecule has 1 aromatic carbocycles. The van der Waals surface area contributed by atoms with Gasteiger partial charge < -0.3 is 4.74 Å². The van der Waals surface area contributed by atoms with Crippen LogP contribution in [0.2, 0.25) is 0 Å². The fourth-order valence-corrected chi connectivity index (χ4v) is 1.44. The lowest BCUT2D eigenvalue weighted by atomic mass is 10.1. The Morgan fingerprint density at radius 2 is 1.78 bits per heavy atom. The van der Waals surface area contributed by atoms with Gasteiger partial charge in [0.1, 0.15) is 5.75 Å². The highest BCUT2D eigenvalue weighted by atomic mass is 16.5. The molecule has 1 aromatic rings. The van der Waals surface area contributed by atoms with Gasteiger partial charge in [-0.15, -0.1) is 0 Å². The molecular formula is C13H13N3O2. The first kappa shape index (κ1) is 13.7. The van der Waals surface area contributed by atoms with Crippen LogP contribution in [-0.2, 0) is 0 Å². The Balaban J connectivity index is 2.68. The van der Waals surface area contributed by atoms with E-state index in [2.05, 4.69) is 0 Å². The van der Waals surface area contributed by atoms with Crippen molar-refractivity contribution in [1.29, 1.82) is 10.5 Å². The number of nitrogens with zero attached hydrogens (tertiary/aromatic N) is 3. The molecule has 0 heterocycles. The largest absolute Gasteiger partial charge is 0.497 e. The van der Waals surface area contributed by atoms with Crippen molar-refractivity contribution >= 4 is 5.78 Å². The first-order valence-corrected chi connectivity index (χ1v) is 5.34. The molecule has 18 heavy (non-hydrogen) atoms. The molecule has 0 N–H and O–H groups in total. The summed E-state index contributed by atoms with van der Waals surface area (Å²) < 4.78 is 5.00. The second kappa shape index (κ2) is 7.05. The minimum absolute atomic E-state index is 0.0629. The highest BCUT2D eigenvalue weighted by Crippen LogP contribution is 2.12. The van der Waals surface area contributed by atoms with E-state index in [1.165, 1.54) is 4.90 Å². The van der Waals surface area contributed by atoms with E-state index in [-0.39, 0.29) is 25.4 Å². The monoisotopic (exact) mass is 243 g/mol. The summed E-state index contributed by atoms with van der Waals surface area (Å²) in [7, 11) is 1.55. The summed E-state index contributed by atoms with van der Waals surface area (Å²) in [6.45, 7) is 0.193. The molecule has 0 aliphatic rings. The van der Waals surface area contributed by atoms with Gasteiger partial charge in [0.15, 0.2) is 5.78 Å². The van der Waals surface area contributed by atoms with Gasteiger partial charge in [0.25, 0.3) is 0 Å². The zero-order chi connectivity index (χ0) is 13.4. The summed E-state index contributed by atoms with van der Waals surface area (Å²) in [6, 6.07) is 10.6. The van der Waals surface area contributed by atoms with E-state index in [0.717, 1.165) is 0 Å². The molecule has 1 rings (SSSR count). The highest BCUT2D eigenvalue weighted by Gasteiger charge is 2.12. The molecule has 0 spiro atoms. The molecule has 0 unspecified atom stereocenters. The molecule has 0 amide bonds. The summed E-state index contributed by atoms with van der Waals surface area (Å²) >= 11 is 0. The molecule has 0 saturated carbocycles. The number of benzene rings is 1. The van der Waals surface area contributed by atoms with Crippen LogP contribution in [-0.4, -0.2) is 37.4 Å². The predicted molar refractivity (Wildman–Crippen MR) is 65.0 cm³/mol. The summed E-state index contributed by atoms with van der Waals surface area (Å²) in [5, 5.41) is 17.2. The third-order valence-corrected chi connectivity index (χ3v) is 2.37. The lowest BCUT2D eigenvalue weighted by Gasteiger charge is -2.13. The topological polar surface area (TPSA) is 77.1 Å². The average molecular weight is 243 g/mol. The van der Waals surface area contributed by atoms with E-state index in [9.17, 15) is 4.79 Å². The molecule has 0 aliphatic heterocycles. The average Bonchev–Trinajstić information content (AvgIpc) is 2.39. The Kier molecular flexibility index (Phi) is 5.37. The van der Waals surface area contributed by atoms with Gasteiger partial charge in [-0.1, -0.05) is 0 Å². The van der Waals surface area contributed by atoms with Crippen LogP contribution in [0.1, 0.15) is 10.4 Å². The molecule has 0 fully saturated rings. The second-order valence-corrected chi connectivity index (χ2v) is 3.61. The molecule has 0 saturated heterocycles. The summed E-state index contributed by atoms with van der Waals surface area (Å²) in [6.07, 6.45) is 0. The first-order chi connectivity index (χ1) is 8.71. The number of hydrogen-bond acceptors (Lipinski definition) is 5. The Bertz CT molecular complexity index is 466. The van der Waals surface area contributed by atoms with Gasteiger partial charge in [-0.3, -0.25) is 9.69 Å². The van der Waals surface area contributed by atoms with Gasteiger partial charge >= 0.3 is 0 Å². The third-order valence-electron chi connectivity index (χ3n) is 2.37. The van der Waals surface area contributed by atoms with Crippen LogP contribution in [0.5, 0.6) is 5.75 Å². The van der Waals surface area contributed by atoms with Gasteiger partial charge in [0.05, 0.1) is 38.9 Å². The fourth-order valence-electron chi connectivity index (χ4n) is 1.44. The maximum Gasteiger partial charge on any atom is 0.176 e. The molecule has 0 bridgehead atoms. The van der Waals surface area contributed by atoms with E-state index in [4.69, 9.17) is 15.3 Å². The standard InChI is InChI=1S/C13H13N3O2/c1-18-12-4-2-11(3-5-12)13(17)10-16(8-6-14)9-7-15/h2-5H,8-10H2,1H3. The van der Waals surface area contributed by atoms with Crippen molar-refractivity contribution in [2.24, 2.45) is 0 Å². The van der Waals surface area contributed by atoms with Crippen molar-refractivity contribution in [2.45, 2.75) is 0 Å². The summed E-state index contributed by atoms with van der Waals surface area (Å²) in [4.78, 5) is 13.4. The summed E-state index contributed by atoms with van der Waals surface area (Å²) in [5.74, 6) is 0.556. The van der Waals surface area contributed by atoms with E-state index in [1.807, 2.05) is 12.1 Å². The van der Waals surface area contributed by atoms with Crippen LogP contribution in [0.4, 0.5) is 0 Å². The lowest BCUT2D eigenvalue weighted by molar-refractivity contribution is 0.0946. The molecule has 92 valence electrons. The maximum atomic E-state index is 11.9. The van der Waals surface area contributed by atoms with Crippen molar-refractivity contribution in [3.05, 3.63) is 29.8 Å². The Hall–Kier alpha value is -2.37. The van der Waals surface area contributed by atoms with Crippen molar-refractivity contribution in [1.82, 2.24) is 4.90 Å². The number of carbonyl (C=O) groups excluding carboxylic acids is 1. The fraction of sp³-hybridized carbons (Fsp3) is 0.308. The second-order valence-electron chi connectivity index (χ2n) is 3.61. The van der Waals surface area contributed by atoms with Crippen molar-refractivity contribution in [3.63, 3.8) is 0 Å². The predicted octanol–water partition coefficient (Wildman–Crippen LogP) is 1.23. The van der Waals surface area contributed by atoms with Crippen LogP contribution >= 0.6 is 0 Å². The van der Waals surface area contributed by atoms with E-state index < -0.39 is 0 Å². The number of carbonyl (C=O) groups is 1. The van der Waals surface area contributed by atoms with Crippen LogP contribution in [0.3, 0.4) is 0 Å². The third kappa shape index (κ3) is 3.89. The number of ether oxygens (including phenoxy) is 1. The first-order valence-electron chi connectivity index (χ1n) is 5.34. The maximum absolute atomic E-state index is 11.9. The van der Waals surface area contributed by atoms with E-state index in [1.54, 1.807) is 31.4 Å². The van der Waals surface area contributed by atoms with Crippen LogP contribution in [0.15, 0.2) is 24.3 Å². The highest BCUT2D eigenvalue weighted by molar-refractivity contribution is 5.97. The Labute approximate surface area is 106 Å². The number of hydrogen-bond donors (Lipinski definition) is 0. The Morgan fingerprint density at radius 1 is 1.22 bits per heavy atom. The minimum Gasteiger partial charge on any atom is -0.497 e. The molecule has 0 aromatic heterocycles. The smallest absolute Gasteiger partial charge is 0.176 e. The molecule has 0 aliphatic carbocycles. The van der Waals surface area contributed by atoms with Crippen molar-refractivity contribution in [3.8, 4) is 17.9 Å². The molecule has 5 nitrogen and oxygen atoms in total. The van der Waals surface area contributed by atoms with Crippen LogP contribution in [0, 0.1) is 22.7 Å². The molecule has 0 atom stereocenters. The van der Waals surface area contributed by atoms with Crippen molar-refractivity contribution in [2.75, 3.05) is 26.7 Å². The summed E-state index contributed by atoms with van der Waals surface area (Å²) in [5.41, 5.74) is 0.539. The van der Waals surface area contributed by atoms with E-state index >= 15 is 0 Å². The number of rotatable bonds is 6. The van der Waals surface area contributed by atoms with Gasteiger partial charge in [-0.2, -0.15) is 10.5 Å². The number of nitriles is 2. The molecular weight excluding hydrogens is 230 g/mol. The van der Waals surface area contributed by atoms with E-state index in [0.29, 0.717) is 11.3 Å². The SMILES string of the molecule is COc1ccc(C(=O)CN(CC#N)CC#N)cc1. The Morgan fingerprint density at radius 3 is 2.22 bits per heavy atom. The van der Waals surface area contributed by atoms with Crippen LogP contribution in [0.25, 0.3) is 0 Å². The number of methoxy groups -OCH3 is 1. The number of ketones is 1. The zero-order valence-corrected chi connectivity index (χ0v) is 10.1. The zero-order valence-electron chi connectivity index (χ0n) is 10.1.